The molecule has 2 fully saturated rings. The third kappa shape index (κ3) is 4.84. The third-order valence-corrected chi connectivity index (χ3v) is 6.20. The molecular weight excluding hydrogens is 477 g/mol. The van der Waals surface area contributed by atoms with Crippen LogP contribution in [0.4, 0.5) is 19.1 Å². The second-order valence-corrected chi connectivity index (χ2v) is 8.47. The van der Waals surface area contributed by atoms with Crippen molar-refractivity contribution in [1.29, 1.82) is 0 Å². The van der Waals surface area contributed by atoms with Gasteiger partial charge in [-0.1, -0.05) is 12.1 Å². The molecule has 188 valence electrons. The number of ether oxygens (including phenoxy) is 3. The zero-order valence-electron chi connectivity index (χ0n) is 19.2. The molecule has 3 heterocycles. The number of hydrogen-bond acceptors (Lipinski definition) is 7. The molecule has 0 aliphatic carbocycles. The molecule has 0 saturated carbocycles. The number of amides is 1. The Balaban J connectivity index is 1.23. The summed E-state index contributed by atoms with van der Waals surface area (Å²) < 4.78 is 55.6. The van der Waals surface area contributed by atoms with Crippen molar-refractivity contribution in [2.45, 2.75) is 30.5 Å². The molecule has 8 nitrogen and oxygen atoms in total. The van der Waals surface area contributed by atoms with E-state index in [1.807, 2.05) is 24.3 Å². The summed E-state index contributed by atoms with van der Waals surface area (Å²) in [6, 6.07) is 12.7. The van der Waals surface area contributed by atoms with Crippen LogP contribution in [0.25, 0.3) is 11.3 Å². The van der Waals surface area contributed by atoms with Gasteiger partial charge in [0.15, 0.2) is 0 Å². The van der Waals surface area contributed by atoms with Gasteiger partial charge in [0.05, 0.1) is 43.7 Å². The van der Waals surface area contributed by atoms with Crippen molar-refractivity contribution in [2.24, 2.45) is 0 Å². The molecule has 0 bridgehead atoms. The van der Waals surface area contributed by atoms with E-state index < -0.39 is 29.8 Å². The standard InChI is InChI=1S/C25H23F3N4O4/c1-34-20-5-3-2-4-16(20)17-10-11-29-24(31-17)32-19-13-36-21-18(12-35-22(19)21)30-23(33)14-6-8-15(9-7-14)25(26,27)28/h2-11,18-19,21-22H,12-13H2,1H3,(H,30,33)(H,29,31,32)/t18-,19-,21+,22+/m0/s1. The number of alkyl halides is 3. The number of fused-ring (bicyclic) bond motifs is 1. The van der Waals surface area contributed by atoms with Crippen molar-refractivity contribution in [1.82, 2.24) is 15.3 Å². The van der Waals surface area contributed by atoms with Crippen molar-refractivity contribution >= 4 is 11.9 Å². The number of anilines is 1. The van der Waals surface area contributed by atoms with Crippen molar-refractivity contribution in [2.75, 3.05) is 25.6 Å². The maximum atomic E-state index is 12.8. The minimum absolute atomic E-state index is 0.126. The van der Waals surface area contributed by atoms with Crippen LogP contribution in [0.1, 0.15) is 15.9 Å². The molecule has 2 aliphatic rings. The van der Waals surface area contributed by atoms with Crippen LogP contribution in [0.3, 0.4) is 0 Å². The average Bonchev–Trinajstić information content (AvgIpc) is 3.47. The second kappa shape index (κ2) is 9.75. The molecule has 4 atom stereocenters. The number of nitrogens with zero attached hydrogens (tertiary/aromatic N) is 2. The smallest absolute Gasteiger partial charge is 0.416 e. The maximum absolute atomic E-state index is 12.8. The Kier molecular flexibility index (Phi) is 6.50. The van der Waals surface area contributed by atoms with E-state index in [9.17, 15) is 18.0 Å². The van der Waals surface area contributed by atoms with Crippen LogP contribution in [0.2, 0.25) is 0 Å². The Morgan fingerprint density at radius 2 is 1.69 bits per heavy atom. The SMILES string of the molecule is COc1ccccc1-c1ccnc(N[C@H]2CO[C@H]3[C@@H]2OC[C@@H]3NC(=O)c2ccc(C(F)(F)F)cc2)n1. The van der Waals surface area contributed by atoms with Gasteiger partial charge in [-0.2, -0.15) is 13.2 Å². The van der Waals surface area contributed by atoms with Gasteiger partial charge < -0.3 is 24.8 Å². The molecule has 2 N–H and O–H groups in total. The topological polar surface area (TPSA) is 94.6 Å². The van der Waals surface area contributed by atoms with E-state index in [-0.39, 0.29) is 24.3 Å². The zero-order valence-corrected chi connectivity index (χ0v) is 19.2. The predicted octanol–water partition coefficient (Wildman–Crippen LogP) is 3.55. The lowest BCUT2D eigenvalue weighted by Crippen LogP contribution is -2.44. The molecule has 0 spiro atoms. The quantitative estimate of drug-likeness (QED) is 0.535. The van der Waals surface area contributed by atoms with E-state index in [0.29, 0.717) is 24.0 Å². The number of hydrogen-bond donors (Lipinski definition) is 2. The van der Waals surface area contributed by atoms with Gasteiger partial charge in [0.2, 0.25) is 5.95 Å². The predicted molar refractivity (Wildman–Crippen MR) is 124 cm³/mol. The number of carbonyl (C=O) groups is 1. The summed E-state index contributed by atoms with van der Waals surface area (Å²) in [6.07, 6.45) is -3.59. The number of para-hydroxylation sites is 1. The van der Waals surface area contributed by atoms with Crippen LogP contribution in [0.5, 0.6) is 5.75 Å². The van der Waals surface area contributed by atoms with E-state index in [1.54, 1.807) is 19.4 Å². The van der Waals surface area contributed by atoms with Crippen LogP contribution < -0.4 is 15.4 Å². The van der Waals surface area contributed by atoms with Crippen molar-refractivity contribution < 1.29 is 32.2 Å². The first kappa shape index (κ1) is 24.0. The number of halogens is 3. The first-order valence-corrected chi connectivity index (χ1v) is 11.3. The number of methoxy groups -OCH3 is 1. The van der Waals surface area contributed by atoms with Gasteiger partial charge in [-0.15, -0.1) is 0 Å². The number of nitrogens with one attached hydrogen (secondary N) is 2. The highest BCUT2D eigenvalue weighted by Crippen LogP contribution is 2.32. The van der Waals surface area contributed by atoms with E-state index >= 15 is 0 Å². The summed E-state index contributed by atoms with van der Waals surface area (Å²) in [4.78, 5) is 21.5. The Labute approximate surface area is 204 Å². The lowest BCUT2D eigenvalue weighted by atomic mass is 10.1. The maximum Gasteiger partial charge on any atom is 0.416 e. The highest BCUT2D eigenvalue weighted by Gasteiger charge is 2.48. The average molecular weight is 500 g/mol. The van der Waals surface area contributed by atoms with Crippen LogP contribution in [0.15, 0.2) is 60.8 Å². The number of carbonyl (C=O) groups excluding carboxylic acids is 1. The number of benzene rings is 2. The van der Waals surface area contributed by atoms with Crippen LogP contribution in [-0.2, 0) is 15.7 Å². The van der Waals surface area contributed by atoms with Crippen molar-refractivity contribution in [3.63, 3.8) is 0 Å². The Morgan fingerprint density at radius 1 is 1.00 bits per heavy atom. The molecule has 0 unspecified atom stereocenters. The normalized spacial score (nSPS) is 23.2. The molecule has 1 amide bonds. The summed E-state index contributed by atoms with van der Waals surface area (Å²) in [5, 5.41) is 6.06. The first-order valence-electron chi connectivity index (χ1n) is 11.3. The number of aromatic nitrogens is 2. The minimum Gasteiger partial charge on any atom is -0.496 e. The van der Waals surface area contributed by atoms with Crippen molar-refractivity contribution in [3.05, 3.63) is 71.9 Å². The molecular formula is C25H23F3N4O4. The molecule has 2 aromatic carbocycles. The summed E-state index contributed by atoms with van der Waals surface area (Å²) in [7, 11) is 1.60. The summed E-state index contributed by atoms with van der Waals surface area (Å²) >= 11 is 0. The highest BCUT2D eigenvalue weighted by molar-refractivity contribution is 5.94. The summed E-state index contributed by atoms with van der Waals surface area (Å²) in [5.74, 6) is 0.594. The van der Waals surface area contributed by atoms with Gasteiger partial charge in [0, 0.05) is 17.3 Å². The van der Waals surface area contributed by atoms with Crippen LogP contribution in [-0.4, -0.2) is 60.5 Å². The molecule has 5 rings (SSSR count). The van der Waals surface area contributed by atoms with E-state index in [0.717, 1.165) is 29.8 Å². The van der Waals surface area contributed by atoms with Crippen molar-refractivity contribution in [3.8, 4) is 17.0 Å². The molecule has 1 aromatic heterocycles. The van der Waals surface area contributed by atoms with Gasteiger partial charge in [-0.3, -0.25) is 4.79 Å². The Morgan fingerprint density at radius 3 is 2.42 bits per heavy atom. The van der Waals surface area contributed by atoms with Gasteiger partial charge in [0.25, 0.3) is 5.91 Å². The fraction of sp³-hybridized carbons (Fsp3) is 0.320. The fourth-order valence-electron chi connectivity index (χ4n) is 4.41. The lowest BCUT2D eigenvalue weighted by molar-refractivity contribution is -0.137. The first-order chi connectivity index (χ1) is 17.3. The highest BCUT2D eigenvalue weighted by atomic mass is 19.4. The molecule has 2 saturated heterocycles. The minimum atomic E-state index is -4.46. The largest absolute Gasteiger partial charge is 0.496 e. The summed E-state index contributed by atoms with van der Waals surface area (Å²) in [5.41, 5.74) is 0.831. The summed E-state index contributed by atoms with van der Waals surface area (Å²) in [6.45, 7) is 0.520. The number of rotatable bonds is 6. The lowest BCUT2D eigenvalue weighted by Gasteiger charge is -2.19. The molecule has 3 aromatic rings. The fourth-order valence-corrected chi connectivity index (χ4v) is 4.41. The van der Waals surface area contributed by atoms with Gasteiger partial charge >= 0.3 is 6.18 Å². The van der Waals surface area contributed by atoms with Crippen LogP contribution in [0, 0.1) is 0 Å². The zero-order chi connectivity index (χ0) is 25.3. The van der Waals surface area contributed by atoms with E-state index in [4.69, 9.17) is 14.2 Å². The Hall–Kier alpha value is -3.70. The van der Waals surface area contributed by atoms with Gasteiger partial charge in [0.1, 0.15) is 18.0 Å². The van der Waals surface area contributed by atoms with Gasteiger partial charge in [-0.05, 0) is 42.5 Å². The molecule has 0 radical (unpaired) electrons. The monoisotopic (exact) mass is 500 g/mol. The molecule has 11 heteroatoms. The third-order valence-electron chi connectivity index (χ3n) is 6.20. The Bertz CT molecular complexity index is 1240. The van der Waals surface area contributed by atoms with Crippen LogP contribution >= 0.6 is 0 Å². The van der Waals surface area contributed by atoms with E-state index in [1.165, 1.54) is 0 Å². The molecule has 2 aliphatic heterocycles. The van der Waals surface area contributed by atoms with E-state index in [2.05, 4.69) is 20.6 Å². The second-order valence-electron chi connectivity index (χ2n) is 8.47. The molecule has 36 heavy (non-hydrogen) atoms. The van der Waals surface area contributed by atoms with Gasteiger partial charge in [-0.25, -0.2) is 9.97 Å².